The Morgan fingerprint density at radius 3 is 2.60 bits per heavy atom. The van der Waals surface area contributed by atoms with E-state index >= 15 is 0 Å². The van der Waals surface area contributed by atoms with Crippen molar-refractivity contribution in [3.63, 3.8) is 0 Å². The molecular weight excluding hydrogens is 272 g/mol. The second-order valence-corrected chi connectivity index (χ2v) is 7.45. The average Bonchev–Trinajstić information content (AvgIpc) is 3.09. The Kier molecular flexibility index (Phi) is 3.36. The van der Waals surface area contributed by atoms with Crippen LogP contribution in [0.2, 0.25) is 0 Å². The first kappa shape index (κ1) is 13.7. The number of nitrogens with two attached hydrogens (primary N) is 1. The minimum absolute atomic E-state index is 0.0986. The van der Waals surface area contributed by atoms with Crippen LogP contribution >= 0.6 is 11.3 Å². The van der Waals surface area contributed by atoms with Crippen molar-refractivity contribution in [2.45, 2.75) is 57.5 Å². The molecule has 5 nitrogen and oxygen atoms in total. The van der Waals surface area contributed by atoms with E-state index in [1.165, 1.54) is 43.4 Å². The molecule has 20 heavy (non-hydrogen) atoms. The number of thiazole rings is 1. The summed E-state index contributed by atoms with van der Waals surface area (Å²) in [5.41, 5.74) is 5.73. The lowest BCUT2D eigenvalue weighted by Crippen LogP contribution is -2.45. The van der Waals surface area contributed by atoms with Crippen LogP contribution in [0.3, 0.4) is 0 Å². The van der Waals surface area contributed by atoms with E-state index < -0.39 is 0 Å². The summed E-state index contributed by atoms with van der Waals surface area (Å²) in [6.07, 6.45) is 6.01. The molecule has 1 amide bonds. The molecule has 0 spiro atoms. The van der Waals surface area contributed by atoms with E-state index in [0.29, 0.717) is 22.7 Å². The molecule has 2 fully saturated rings. The fraction of sp³-hybridized carbons (Fsp3) is 0.714. The summed E-state index contributed by atoms with van der Waals surface area (Å²) in [6, 6.07) is 0.499. The van der Waals surface area contributed by atoms with Crippen LogP contribution in [0.25, 0.3) is 0 Å². The summed E-state index contributed by atoms with van der Waals surface area (Å²) in [5, 5.41) is 7.20. The van der Waals surface area contributed by atoms with Crippen LogP contribution in [0.15, 0.2) is 0 Å². The quantitative estimate of drug-likeness (QED) is 0.780. The lowest BCUT2D eigenvalue weighted by Gasteiger charge is -2.26. The summed E-state index contributed by atoms with van der Waals surface area (Å²) in [4.78, 5) is 17.1. The third-order valence-electron chi connectivity index (χ3n) is 4.33. The smallest absolute Gasteiger partial charge is 0.265 e. The summed E-state index contributed by atoms with van der Waals surface area (Å²) in [5.74, 6) is 0.827. The second-order valence-electron chi connectivity index (χ2n) is 6.46. The van der Waals surface area contributed by atoms with Crippen molar-refractivity contribution in [3.05, 3.63) is 4.88 Å². The number of rotatable bonds is 5. The predicted molar refractivity (Wildman–Crippen MR) is 82.1 cm³/mol. The Morgan fingerprint density at radius 2 is 2.05 bits per heavy atom. The normalized spacial score (nSPS) is 19.5. The van der Waals surface area contributed by atoms with E-state index in [4.69, 9.17) is 5.73 Å². The molecule has 3 rings (SSSR count). The van der Waals surface area contributed by atoms with Crippen molar-refractivity contribution in [3.8, 4) is 0 Å². The first-order valence-corrected chi connectivity index (χ1v) is 8.13. The number of nitrogen functional groups attached to an aromatic ring is 1. The molecule has 1 aromatic rings. The molecule has 0 radical (unpaired) electrons. The predicted octanol–water partition coefficient (Wildman–Crippen LogP) is 2.61. The van der Waals surface area contributed by atoms with Crippen LogP contribution in [-0.2, 0) is 0 Å². The van der Waals surface area contributed by atoms with Crippen molar-refractivity contribution >= 4 is 28.2 Å². The molecule has 0 saturated heterocycles. The molecule has 0 aliphatic heterocycles. The number of nitrogens with zero attached hydrogens (tertiary/aromatic N) is 1. The largest absolute Gasteiger partial charge is 0.382 e. The molecule has 2 saturated carbocycles. The van der Waals surface area contributed by atoms with E-state index in [9.17, 15) is 4.79 Å². The summed E-state index contributed by atoms with van der Waals surface area (Å²) < 4.78 is 0. The van der Waals surface area contributed by atoms with Crippen molar-refractivity contribution in [1.29, 1.82) is 0 Å². The number of amides is 1. The minimum atomic E-state index is -0.158. The summed E-state index contributed by atoms with van der Waals surface area (Å²) in [7, 11) is 0. The van der Waals surface area contributed by atoms with E-state index in [-0.39, 0.29) is 11.4 Å². The Hall–Kier alpha value is -1.30. The van der Waals surface area contributed by atoms with E-state index in [2.05, 4.69) is 29.5 Å². The number of aromatic nitrogens is 1. The van der Waals surface area contributed by atoms with Crippen LogP contribution in [0.5, 0.6) is 0 Å². The Balaban J connectivity index is 1.67. The first-order chi connectivity index (χ1) is 9.45. The van der Waals surface area contributed by atoms with Gasteiger partial charge in [0.1, 0.15) is 10.7 Å². The zero-order chi connectivity index (χ0) is 14.3. The van der Waals surface area contributed by atoms with E-state index in [0.717, 1.165) is 5.13 Å². The SMILES string of the molecule is CC(C)(NC(=O)c1sc(NC2CCC2)nc1N)C1CC1. The second kappa shape index (κ2) is 4.91. The van der Waals surface area contributed by atoms with Gasteiger partial charge >= 0.3 is 0 Å². The maximum Gasteiger partial charge on any atom is 0.265 e. The monoisotopic (exact) mass is 294 g/mol. The maximum absolute atomic E-state index is 12.3. The highest BCUT2D eigenvalue weighted by Gasteiger charge is 2.39. The minimum Gasteiger partial charge on any atom is -0.382 e. The lowest BCUT2D eigenvalue weighted by atomic mass is 9.93. The van der Waals surface area contributed by atoms with Gasteiger partial charge in [0.05, 0.1) is 0 Å². The van der Waals surface area contributed by atoms with Gasteiger partial charge in [-0.3, -0.25) is 4.79 Å². The van der Waals surface area contributed by atoms with E-state index in [1.807, 2.05) is 0 Å². The Bertz CT molecular complexity index is 517. The zero-order valence-corrected chi connectivity index (χ0v) is 12.8. The maximum atomic E-state index is 12.3. The third kappa shape index (κ3) is 2.75. The third-order valence-corrected chi connectivity index (χ3v) is 5.33. The van der Waals surface area contributed by atoms with Crippen LogP contribution < -0.4 is 16.4 Å². The van der Waals surface area contributed by atoms with Gasteiger partial charge in [0.15, 0.2) is 5.13 Å². The number of hydrogen-bond donors (Lipinski definition) is 3. The molecule has 1 aromatic heterocycles. The average molecular weight is 294 g/mol. The first-order valence-electron chi connectivity index (χ1n) is 7.31. The van der Waals surface area contributed by atoms with Crippen molar-refractivity contribution in [1.82, 2.24) is 10.3 Å². The molecule has 110 valence electrons. The highest BCUT2D eigenvalue weighted by Crippen LogP contribution is 2.39. The highest BCUT2D eigenvalue weighted by atomic mass is 32.1. The van der Waals surface area contributed by atoms with Crippen LogP contribution in [0, 0.1) is 5.92 Å². The Labute approximate surface area is 123 Å². The topological polar surface area (TPSA) is 80.0 Å². The molecule has 1 heterocycles. The number of hydrogen-bond acceptors (Lipinski definition) is 5. The van der Waals surface area contributed by atoms with Crippen molar-refractivity contribution < 1.29 is 4.79 Å². The van der Waals surface area contributed by atoms with Crippen LogP contribution in [-0.4, -0.2) is 22.5 Å². The molecule has 2 aliphatic rings. The van der Waals surface area contributed by atoms with Gasteiger partial charge in [0.2, 0.25) is 0 Å². The van der Waals surface area contributed by atoms with Gasteiger partial charge < -0.3 is 16.4 Å². The number of carbonyl (C=O) groups is 1. The van der Waals surface area contributed by atoms with Gasteiger partial charge in [-0.25, -0.2) is 4.98 Å². The molecule has 0 bridgehead atoms. The van der Waals surface area contributed by atoms with Gasteiger partial charge in [-0.15, -0.1) is 0 Å². The molecule has 0 atom stereocenters. The summed E-state index contributed by atoms with van der Waals surface area (Å²) in [6.45, 7) is 4.15. The molecule has 6 heteroatoms. The van der Waals surface area contributed by atoms with Gasteiger partial charge in [0, 0.05) is 11.6 Å². The lowest BCUT2D eigenvalue weighted by molar-refractivity contribution is 0.0908. The molecule has 4 N–H and O–H groups in total. The van der Waals surface area contributed by atoms with Crippen LogP contribution in [0.1, 0.15) is 55.6 Å². The van der Waals surface area contributed by atoms with E-state index in [1.54, 1.807) is 0 Å². The van der Waals surface area contributed by atoms with Crippen molar-refractivity contribution in [2.75, 3.05) is 11.1 Å². The highest BCUT2D eigenvalue weighted by molar-refractivity contribution is 7.18. The molecule has 0 aromatic carbocycles. The molecule has 0 unspecified atom stereocenters. The van der Waals surface area contributed by atoms with Gasteiger partial charge in [0.25, 0.3) is 5.91 Å². The van der Waals surface area contributed by atoms with Gasteiger partial charge in [-0.2, -0.15) is 0 Å². The molecule has 2 aliphatic carbocycles. The Morgan fingerprint density at radius 1 is 1.35 bits per heavy atom. The standard InChI is InChI=1S/C14H22N4OS/c1-14(2,8-6-7-8)18-12(19)10-11(15)17-13(20-10)16-9-4-3-5-9/h8-9H,3-7,15H2,1-2H3,(H,16,17)(H,18,19). The van der Waals surface area contributed by atoms with Crippen molar-refractivity contribution in [2.24, 2.45) is 5.92 Å². The van der Waals surface area contributed by atoms with Gasteiger partial charge in [-0.05, 0) is 51.9 Å². The fourth-order valence-electron chi connectivity index (χ4n) is 2.54. The number of nitrogens with one attached hydrogen (secondary N) is 2. The van der Waals surface area contributed by atoms with Gasteiger partial charge in [-0.1, -0.05) is 11.3 Å². The zero-order valence-electron chi connectivity index (χ0n) is 12.0. The number of anilines is 2. The number of carbonyl (C=O) groups excluding carboxylic acids is 1. The van der Waals surface area contributed by atoms with Crippen LogP contribution in [0.4, 0.5) is 10.9 Å². The fourth-order valence-corrected chi connectivity index (χ4v) is 3.40. The summed E-state index contributed by atoms with van der Waals surface area (Å²) >= 11 is 1.36. The molecular formula is C14H22N4OS.